The fourth-order valence-electron chi connectivity index (χ4n) is 5.55. The minimum absolute atomic E-state index is 0.00863. The molecule has 4 rings (SSSR count). The number of hydrogen-bond acceptors (Lipinski definition) is 5. The van der Waals surface area contributed by atoms with E-state index in [9.17, 15) is 9.59 Å². The molecule has 3 aliphatic rings. The predicted octanol–water partition coefficient (Wildman–Crippen LogP) is 4.32. The van der Waals surface area contributed by atoms with Gasteiger partial charge in [-0.15, -0.1) is 0 Å². The fraction of sp³-hybridized carbons (Fsp3) is 0.562. The number of amides is 2. The summed E-state index contributed by atoms with van der Waals surface area (Å²) < 4.78 is 6.26. The predicted molar refractivity (Wildman–Crippen MR) is 154 cm³/mol. The summed E-state index contributed by atoms with van der Waals surface area (Å²) in [6.07, 6.45) is 6.86. The number of piperazine rings is 1. The van der Waals surface area contributed by atoms with Crippen LogP contribution in [0.15, 0.2) is 58.6 Å². The summed E-state index contributed by atoms with van der Waals surface area (Å²) in [5, 5.41) is 6.44. The van der Waals surface area contributed by atoms with Crippen LogP contribution in [0.25, 0.3) is 0 Å². The summed E-state index contributed by atoms with van der Waals surface area (Å²) in [6.45, 7) is 10.8. The van der Waals surface area contributed by atoms with Crippen LogP contribution in [0.2, 0.25) is 0 Å². The molecule has 0 aromatic heterocycles. The lowest BCUT2D eigenvalue weighted by Gasteiger charge is -2.32. The third-order valence-corrected chi connectivity index (χ3v) is 7.89. The van der Waals surface area contributed by atoms with Crippen LogP contribution in [0.5, 0.6) is 5.75 Å². The number of carbonyl (C=O) groups excluding carboxylic acids is 2. The van der Waals surface area contributed by atoms with Crippen LogP contribution in [0.4, 0.5) is 0 Å². The van der Waals surface area contributed by atoms with Gasteiger partial charge in [-0.25, -0.2) is 0 Å². The van der Waals surface area contributed by atoms with Crippen molar-refractivity contribution in [2.75, 3.05) is 33.2 Å². The molecule has 1 saturated carbocycles. The Bertz CT molecular complexity index is 1170. The zero-order valence-corrected chi connectivity index (χ0v) is 24.0. The molecule has 2 aliphatic carbocycles. The average molecular weight is 533 g/mol. The highest BCUT2D eigenvalue weighted by Gasteiger charge is 2.30. The normalized spacial score (nSPS) is 23.4. The Hall–Kier alpha value is -3.08. The molecule has 1 atom stereocenters. The first-order chi connectivity index (χ1) is 18.8. The number of nitrogens with one attached hydrogen (secondary N) is 2. The van der Waals surface area contributed by atoms with E-state index >= 15 is 0 Å². The van der Waals surface area contributed by atoms with Crippen LogP contribution >= 0.6 is 0 Å². The van der Waals surface area contributed by atoms with E-state index in [4.69, 9.17) is 4.74 Å². The molecule has 1 heterocycles. The third-order valence-electron chi connectivity index (χ3n) is 7.89. The van der Waals surface area contributed by atoms with Gasteiger partial charge >= 0.3 is 0 Å². The van der Waals surface area contributed by atoms with Gasteiger partial charge < -0.3 is 20.3 Å². The van der Waals surface area contributed by atoms with E-state index in [2.05, 4.69) is 46.9 Å². The number of hydrogen-bond donors (Lipinski definition) is 2. The van der Waals surface area contributed by atoms with Crippen molar-refractivity contribution >= 4 is 11.8 Å². The van der Waals surface area contributed by atoms with E-state index in [1.54, 1.807) is 4.90 Å². The number of benzene rings is 1. The Morgan fingerprint density at radius 2 is 2.00 bits per heavy atom. The van der Waals surface area contributed by atoms with Crippen molar-refractivity contribution in [3.63, 3.8) is 0 Å². The van der Waals surface area contributed by atoms with Crippen LogP contribution in [0.1, 0.15) is 64.9 Å². The zero-order chi connectivity index (χ0) is 27.8. The van der Waals surface area contributed by atoms with Gasteiger partial charge in [-0.1, -0.05) is 24.8 Å². The molecule has 7 nitrogen and oxygen atoms in total. The van der Waals surface area contributed by atoms with Gasteiger partial charge in [0, 0.05) is 63.7 Å². The number of carbonyl (C=O) groups is 2. The van der Waals surface area contributed by atoms with Crippen molar-refractivity contribution in [1.82, 2.24) is 20.4 Å². The van der Waals surface area contributed by atoms with Crippen molar-refractivity contribution in [3.05, 3.63) is 64.2 Å². The molecule has 1 aromatic carbocycles. The molecule has 1 saturated heterocycles. The highest BCUT2D eigenvalue weighted by atomic mass is 16.5. The summed E-state index contributed by atoms with van der Waals surface area (Å²) in [6, 6.07) is 8.42. The molecule has 0 bridgehead atoms. The molecule has 1 aromatic rings. The van der Waals surface area contributed by atoms with Crippen molar-refractivity contribution < 1.29 is 14.3 Å². The van der Waals surface area contributed by atoms with Crippen molar-refractivity contribution in [2.45, 2.75) is 78.0 Å². The first kappa shape index (κ1) is 28.9. The first-order valence-corrected chi connectivity index (χ1v) is 14.5. The SMILES string of the molecule is CCCC(=O)NCc1cccc(OC2CCC(C(=O)N(C)C3=C=C=C(CN4CCN[C@@H](C)C4)C(C)=C3)CC2)c1. The minimum Gasteiger partial charge on any atom is -0.490 e. The maximum atomic E-state index is 13.3. The van der Waals surface area contributed by atoms with Gasteiger partial charge in [-0.05, 0) is 81.0 Å². The molecule has 2 fully saturated rings. The number of ether oxygens (including phenoxy) is 1. The van der Waals surface area contributed by atoms with Gasteiger partial charge in [0.15, 0.2) is 0 Å². The lowest BCUT2D eigenvalue weighted by atomic mass is 9.86. The minimum atomic E-state index is -0.00863. The van der Waals surface area contributed by atoms with Crippen molar-refractivity contribution in [1.29, 1.82) is 0 Å². The van der Waals surface area contributed by atoms with Gasteiger partial charge in [0.1, 0.15) is 5.75 Å². The Balaban J connectivity index is 1.28. The van der Waals surface area contributed by atoms with Crippen LogP contribution in [-0.2, 0) is 16.1 Å². The molecular weight excluding hydrogens is 488 g/mol. The Kier molecular flexibility index (Phi) is 10.2. The van der Waals surface area contributed by atoms with Crippen molar-refractivity contribution in [3.8, 4) is 5.75 Å². The summed E-state index contributed by atoms with van der Waals surface area (Å²) >= 11 is 0. The van der Waals surface area contributed by atoms with Gasteiger partial charge in [0.05, 0.1) is 11.8 Å². The molecule has 0 spiro atoms. The molecule has 2 N–H and O–H groups in total. The van der Waals surface area contributed by atoms with E-state index in [0.29, 0.717) is 19.0 Å². The zero-order valence-electron chi connectivity index (χ0n) is 24.0. The standard InChI is InChI=1S/C32H44N4O3/c1-5-7-31(37)34-20-25-8-6-9-30(19-25)39-29-14-11-26(12-15-29)32(38)35(4)28-13-10-27(23(2)18-28)22-36-17-16-33-24(3)21-36/h6,8-9,18-19,24,26,29,33H,5,7,11-12,14-17,20-22H2,1-4H3,(H,34,37)/t24-,26?,29?/m0/s1. The molecular formula is C32H44N4O3. The quantitative estimate of drug-likeness (QED) is 0.439. The highest BCUT2D eigenvalue weighted by Crippen LogP contribution is 2.30. The van der Waals surface area contributed by atoms with E-state index in [0.717, 1.165) is 86.4 Å². The number of rotatable bonds is 10. The molecule has 2 amide bonds. The van der Waals surface area contributed by atoms with Crippen LogP contribution in [0.3, 0.4) is 0 Å². The van der Waals surface area contributed by atoms with Gasteiger partial charge in [-0.3, -0.25) is 14.5 Å². The highest BCUT2D eigenvalue weighted by molar-refractivity contribution is 5.81. The topological polar surface area (TPSA) is 73.9 Å². The Morgan fingerprint density at radius 3 is 2.72 bits per heavy atom. The van der Waals surface area contributed by atoms with Crippen LogP contribution in [-0.4, -0.2) is 67.0 Å². The summed E-state index contributed by atoms with van der Waals surface area (Å²) in [5.41, 5.74) is 10.7. The van der Waals surface area contributed by atoms with Gasteiger partial charge in [0.25, 0.3) is 0 Å². The average Bonchev–Trinajstić information content (AvgIpc) is 2.93. The fourth-order valence-corrected chi connectivity index (χ4v) is 5.55. The first-order valence-electron chi connectivity index (χ1n) is 14.5. The lowest BCUT2D eigenvalue weighted by Crippen LogP contribution is -2.49. The van der Waals surface area contributed by atoms with Crippen LogP contribution in [0, 0.1) is 5.92 Å². The molecule has 0 radical (unpaired) electrons. The van der Waals surface area contributed by atoms with E-state index < -0.39 is 0 Å². The summed E-state index contributed by atoms with van der Waals surface area (Å²) in [5.74, 6) is 1.03. The third kappa shape index (κ3) is 8.20. The summed E-state index contributed by atoms with van der Waals surface area (Å²) in [4.78, 5) is 29.3. The molecule has 7 heteroatoms. The maximum absolute atomic E-state index is 13.3. The second-order valence-electron chi connectivity index (χ2n) is 11.2. The monoisotopic (exact) mass is 532 g/mol. The molecule has 210 valence electrons. The second kappa shape index (κ2) is 13.8. The van der Waals surface area contributed by atoms with Crippen LogP contribution < -0.4 is 15.4 Å². The summed E-state index contributed by atoms with van der Waals surface area (Å²) in [7, 11) is 1.85. The number of likely N-dealkylation sites (N-methyl/N-ethyl adjacent to an activating group) is 1. The van der Waals surface area contributed by atoms with E-state index in [1.165, 1.54) is 0 Å². The second-order valence-corrected chi connectivity index (χ2v) is 11.2. The Morgan fingerprint density at radius 1 is 1.21 bits per heavy atom. The number of allylic oxidation sites excluding steroid dienone is 1. The van der Waals surface area contributed by atoms with Gasteiger partial charge in [-0.2, -0.15) is 0 Å². The van der Waals surface area contributed by atoms with E-state index in [1.807, 2.05) is 38.2 Å². The van der Waals surface area contributed by atoms with E-state index in [-0.39, 0.29) is 23.8 Å². The number of nitrogens with zero attached hydrogens (tertiary/aromatic N) is 2. The molecule has 0 unspecified atom stereocenters. The maximum Gasteiger partial charge on any atom is 0.230 e. The Labute approximate surface area is 233 Å². The smallest absolute Gasteiger partial charge is 0.230 e. The van der Waals surface area contributed by atoms with Gasteiger partial charge in [0.2, 0.25) is 11.8 Å². The van der Waals surface area contributed by atoms with Crippen molar-refractivity contribution in [2.24, 2.45) is 5.92 Å². The molecule has 1 aliphatic heterocycles. The lowest BCUT2D eigenvalue weighted by molar-refractivity contribution is -0.133. The largest absolute Gasteiger partial charge is 0.490 e. The molecule has 39 heavy (non-hydrogen) atoms.